The molecule has 1 rings (SSSR count). The lowest BCUT2D eigenvalue weighted by atomic mass is 10.1. The van der Waals surface area contributed by atoms with Gasteiger partial charge in [0.15, 0.2) is 5.96 Å². The fraction of sp³-hybridized carbons (Fsp3) is 0.650. The minimum absolute atomic E-state index is 0.540. The number of hydrogen-bond acceptors (Lipinski definition) is 4. The van der Waals surface area contributed by atoms with Crippen LogP contribution < -0.4 is 15.4 Å². The van der Waals surface area contributed by atoms with Crippen LogP contribution in [0.1, 0.15) is 37.3 Å². The number of nitrogens with zero attached hydrogens (tertiary/aromatic N) is 1. The third kappa shape index (κ3) is 9.63. The number of ether oxygens (including phenoxy) is 3. The largest absolute Gasteiger partial charge is 0.491 e. The van der Waals surface area contributed by atoms with Crippen molar-refractivity contribution in [3.63, 3.8) is 0 Å². The van der Waals surface area contributed by atoms with Crippen LogP contribution in [-0.2, 0) is 16.0 Å². The molecule has 1 aromatic rings. The number of aryl methyl sites for hydroxylation is 1. The van der Waals surface area contributed by atoms with Crippen molar-refractivity contribution in [2.24, 2.45) is 4.99 Å². The Morgan fingerprint density at radius 3 is 2.62 bits per heavy atom. The van der Waals surface area contributed by atoms with Crippen molar-refractivity contribution in [2.45, 2.75) is 39.7 Å². The van der Waals surface area contributed by atoms with Crippen molar-refractivity contribution in [3.05, 3.63) is 29.3 Å². The number of unbranched alkanes of at least 4 members (excludes halogenated alkanes) is 1. The third-order valence-electron chi connectivity index (χ3n) is 3.84. The highest BCUT2D eigenvalue weighted by atomic mass is 16.5. The Morgan fingerprint density at radius 2 is 1.88 bits per heavy atom. The molecule has 0 amide bonds. The molecular formula is C20H35N3O3. The molecule has 0 aromatic heterocycles. The van der Waals surface area contributed by atoms with E-state index in [2.05, 4.69) is 47.7 Å². The quantitative estimate of drug-likeness (QED) is 0.320. The van der Waals surface area contributed by atoms with Crippen molar-refractivity contribution in [2.75, 3.05) is 47.1 Å². The maximum atomic E-state index is 5.83. The van der Waals surface area contributed by atoms with Crippen molar-refractivity contribution >= 4 is 5.96 Å². The van der Waals surface area contributed by atoms with E-state index in [-0.39, 0.29) is 0 Å². The van der Waals surface area contributed by atoms with Crippen LogP contribution in [0.25, 0.3) is 0 Å². The lowest BCUT2D eigenvalue weighted by Gasteiger charge is -2.15. The minimum Gasteiger partial charge on any atom is -0.491 e. The van der Waals surface area contributed by atoms with Crippen LogP contribution >= 0.6 is 0 Å². The molecule has 0 aliphatic rings. The summed E-state index contributed by atoms with van der Waals surface area (Å²) in [6, 6.07) is 6.22. The summed E-state index contributed by atoms with van der Waals surface area (Å²) >= 11 is 0. The molecule has 1 aromatic carbocycles. The van der Waals surface area contributed by atoms with Gasteiger partial charge in [-0.25, -0.2) is 0 Å². The fourth-order valence-corrected chi connectivity index (χ4v) is 2.31. The molecule has 6 heteroatoms. The van der Waals surface area contributed by atoms with E-state index in [9.17, 15) is 0 Å². The first-order valence-corrected chi connectivity index (χ1v) is 9.44. The molecule has 0 aliphatic carbocycles. The van der Waals surface area contributed by atoms with E-state index in [1.165, 1.54) is 12.0 Å². The monoisotopic (exact) mass is 365 g/mol. The summed E-state index contributed by atoms with van der Waals surface area (Å²) in [5.74, 6) is 1.66. The van der Waals surface area contributed by atoms with Crippen LogP contribution in [-0.4, -0.2) is 53.1 Å². The van der Waals surface area contributed by atoms with Crippen LogP contribution in [0.5, 0.6) is 5.75 Å². The normalized spacial score (nSPS) is 11.5. The van der Waals surface area contributed by atoms with Crippen LogP contribution in [0.4, 0.5) is 0 Å². The first kappa shape index (κ1) is 22.3. The van der Waals surface area contributed by atoms with E-state index in [0.717, 1.165) is 49.9 Å². The number of nitrogens with one attached hydrogen (secondary N) is 2. The summed E-state index contributed by atoms with van der Waals surface area (Å²) in [4.78, 5) is 4.27. The third-order valence-corrected chi connectivity index (χ3v) is 3.84. The van der Waals surface area contributed by atoms with Crippen molar-refractivity contribution < 1.29 is 14.2 Å². The Balaban J connectivity index is 2.38. The average molecular weight is 366 g/mol. The van der Waals surface area contributed by atoms with E-state index >= 15 is 0 Å². The molecule has 0 aliphatic heterocycles. The van der Waals surface area contributed by atoms with Crippen molar-refractivity contribution in [1.82, 2.24) is 10.6 Å². The summed E-state index contributed by atoms with van der Waals surface area (Å²) in [5, 5.41) is 6.65. The summed E-state index contributed by atoms with van der Waals surface area (Å²) in [6.07, 6.45) is 3.26. The standard InChI is InChI=1S/C20H35N3O3/c1-5-6-11-25-12-7-10-22-20(21-3)23-16-18-9-8-17(2)15-19(18)26-14-13-24-4/h8-9,15H,5-7,10-14,16H2,1-4H3,(H2,21,22,23). The molecule has 0 saturated carbocycles. The SMILES string of the molecule is CCCCOCCCNC(=NC)NCc1ccc(C)cc1OCCOC. The second-order valence-corrected chi connectivity index (χ2v) is 6.12. The molecule has 0 saturated heterocycles. The second kappa shape index (κ2) is 14.4. The van der Waals surface area contributed by atoms with Gasteiger partial charge < -0.3 is 24.8 Å². The van der Waals surface area contributed by atoms with E-state index in [1.54, 1.807) is 14.2 Å². The first-order valence-electron chi connectivity index (χ1n) is 9.44. The van der Waals surface area contributed by atoms with E-state index in [4.69, 9.17) is 14.2 Å². The summed E-state index contributed by atoms with van der Waals surface area (Å²) in [7, 11) is 3.45. The molecular weight excluding hydrogens is 330 g/mol. The lowest BCUT2D eigenvalue weighted by Crippen LogP contribution is -2.37. The molecule has 26 heavy (non-hydrogen) atoms. The van der Waals surface area contributed by atoms with E-state index < -0.39 is 0 Å². The molecule has 0 unspecified atom stereocenters. The van der Waals surface area contributed by atoms with Crippen molar-refractivity contribution in [3.8, 4) is 5.75 Å². The fourth-order valence-electron chi connectivity index (χ4n) is 2.31. The molecule has 0 heterocycles. The van der Waals surface area contributed by atoms with Gasteiger partial charge in [0, 0.05) is 46.0 Å². The van der Waals surface area contributed by atoms with Gasteiger partial charge in [0.2, 0.25) is 0 Å². The number of methoxy groups -OCH3 is 1. The predicted octanol–water partition coefficient (Wildman–Crippen LogP) is 2.89. The molecule has 0 bridgehead atoms. The van der Waals surface area contributed by atoms with Crippen LogP contribution in [0.2, 0.25) is 0 Å². The maximum Gasteiger partial charge on any atom is 0.191 e. The highest BCUT2D eigenvalue weighted by molar-refractivity contribution is 5.79. The molecule has 2 N–H and O–H groups in total. The highest BCUT2D eigenvalue weighted by Gasteiger charge is 2.06. The predicted molar refractivity (Wildman–Crippen MR) is 107 cm³/mol. The Bertz CT molecular complexity index is 521. The molecule has 0 fully saturated rings. The number of rotatable bonds is 13. The zero-order valence-corrected chi connectivity index (χ0v) is 16.8. The first-order chi connectivity index (χ1) is 12.7. The topological polar surface area (TPSA) is 64.1 Å². The van der Waals surface area contributed by atoms with Crippen molar-refractivity contribution in [1.29, 1.82) is 0 Å². The molecule has 148 valence electrons. The van der Waals surface area contributed by atoms with Gasteiger partial charge in [-0.3, -0.25) is 4.99 Å². The number of benzene rings is 1. The van der Waals surface area contributed by atoms with Gasteiger partial charge in [-0.2, -0.15) is 0 Å². The van der Waals surface area contributed by atoms with E-state index in [0.29, 0.717) is 19.8 Å². The number of guanidine groups is 1. The van der Waals surface area contributed by atoms with E-state index in [1.807, 2.05) is 0 Å². The minimum atomic E-state index is 0.540. The average Bonchev–Trinajstić information content (AvgIpc) is 2.65. The van der Waals surface area contributed by atoms with Gasteiger partial charge in [-0.05, 0) is 31.4 Å². The van der Waals surface area contributed by atoms with Gasteiger partial charge in [-0.15, -0.1) is 0 Å². The second-order valence-electron chi connectivity index (χ2n) is 6.12. The Labute approximate surface area is 158 Å². The molecule has 6 nitrogen and oxygen atoms in total. The van der Waals surface area contributed by atoms with Gasteiger partial charge >= 0.3 is 0 Å². The van der Waals surface area contributed by atoms with Gasteiger partial charge in [0.1, 0.15) is 12.4 Å². The Kier molecular flexibility index (Phi) is 12.3. The Hall–Kier alpha value is -1.79. The smallest absolute Gasteiger partial charge is 0.191 e. The van der Waals surface area contributed by atoms with Crippen LogP contribution in [0.3, 0.4) is 0 Å². The number of aliphatic imine (C=N–C) groups is 1. The highest BCUT2D eigenvalue weighted by Crippen LogP contribution is 2.20. The van der Waals surface area contributed by atoms with Gasteiger partial charge in [0.25, 0.3) is 0 Å². The summed E-state index contributed by atoms with van der Waals surface area (Å²) in [5.41, 5.74) is 2.27. The molecule has 0 radical (unpaired) electrons. The summed E-state index contributed by atoms with van der Waals surface area (Å²) < 4.78 is 16.4. The summed E-state index contributed by atoms with van der Waals surface area (Å²) in [6.45, 7) is 8.45. The lowest BCUT2D eigenvalue weighted by molar-refractivity contribution is 0.129. The maximum absolute atomic E-state index is 5.83. The zero-order chi connectivity index (χ0) is 19.0. The number of hydrogen-bond donors (Lipinski definition) is 2. The van der Waals surface area contributed by atoms with Gasteiger partial charge in [-0.1, -0.05) is 25.5 Å². The zero-order valence-electron chi connectivity index (χ0n) is 16.8. The van der Waals surface area contributed by atoms with Crippen LogP contribution in [0.15, 0.2) is 23.2 Å². The van der Waals surface area contributed by atoms with Gasteiger partial charge in [0.05, 0.1) is 6.61 Å². The van der Waals surface area contributed by atoms with Crippen LogP contribution in [0, 0.1) is 6.92 Å². The molecule has 0 atom stereocenters. The molecule has 0 spiro atoms. The Morgan fingerprint density at radius 1 is 1.08 bits per heavy atom.